The quantitative estimate of drug-likeness (QED) is 0.588. The number of aromatic nitrogens is 2. The number of halogens is 3. The summed E-state index contributed by atoms with van der Waals surface area (Å²) in [5.41, 5.74) is -0.765. The third kappa shape index (κ3) is 6.80. The molecule has 0 radical (unpaired) electrons. The highest BCUT2D eigenvalue weighted by atomic mass is 19.4. The second kappa shape index (κ2) is 8.94. The lowest BCUT2D eigenvalue weighted by Crippen LogP contribution is -2.42. The Labute approximate surface area is 141 Å². The average Bonchev–Trinajstić information content (AvgIpc) is 2.84. The van der Waals surface area contributed by atoms with Crippen LogP contribution in [0.25, 0.3) is 0 Å². The first-order chi connectivity index (χ1) is 11.1. The van der Waals surface area contributed by atoms with Gasteiger partial charge in [0, 0.05) is 38.4 Å². The van der Waals surface area contributed by atoms with Crippen molar-refractivity contribution in [1.82, 2.24) is 20.4 Å². The first kappa shape index (κ1) is 20.3. The van der Waals surface area contributed by atoms with Crippen LogP contribution in [0.2, 0.25) is 0 Å². The van der Waals surface area contributed by atoms with Crippen LogP contribution < -0.4 is 10.6 Å². The second-order valence-electron chi connectivity index (χ2n) is 6.47. The molecular weight excluding hydrogens is 319 g/mol. The number of hydrogen-bond donors (Lipinski definition) is 2. The molecule has 5 nitrogen and oxygen atoms in total. The van der Waals surface area contributed by atoms with Gasteiger partial charge in [0.25, 0.3) is 0 Å². The highest BCUT2D eigenvalue weighted by Gasteiger charge is 2.36. The van der Waals surface area contributed by atoms with Gasteiger partial charge in [0.15, 0.2) is 11.7 Å². The van der Waals surface area contributed by atoms with Crippen LogP contribution in [0.15, 0.2) is 11.2 Å². The second-order valence-corrected chi connectivity index (χ2v) is 6.47. The van der Waals surface area contributed by atoms with Gasteiger partial charge >= 0.3 is 6.18 Å². The normalized spacial score (nSPS) is 14.1. The largest absolute Gasteiger partial charge is 0.435 e. The lowest BCUT2D eigenvalue weighted by Gasteiger charge is -2.18. The molecule has 1 heterocycles. The lowest BCUT2D eigenvalue weighted by atomic mass is 10.0. The monoisotopic (exact) mass is 347 g/mol. The molecule has 1 aromatic rings. The number of nitrogens with zero attached hydrogens (tertiary/aromatic N) is 3. The van der Waals surface area contributed by atoms with Crippen LogP contribution in [0.4, 0.5) is 13.2 Å². The number of alkyl halides is 3. The molecule has 1 aromatic heterocycles. The van der Waals surface area contributed by atoms with Crippen molar-refractivity contribution in [1.29, 1.82) is 0 Å². The minimum atomic E-state index is -4.46. The summed E-state index contributed by atoms with van der Waals surface area (Å²) in [7, 11) is 3.08. The SMILES string of the molecule is CN=C(NCc1cn(C)nc1C(F)(F)F)NC(C)CCCC(C)C. The summed E-state index contributed by atoms with van der Waals surface area (Å²) in [5.74, 6) is 1.16. The number of nitrogens with one attached hydrogen (secondary N) is 2. The molecule has 2 N–H and O–H groups in total. The summed E-state index contributed by atoms with van der Waals surface area (Å²) in [6, 6.07) is 0.200. The minimum absolute atomic E-state index is 0.0150. The van der Waals surface area contributed by atoms with Gasteiger partial charge in [0.1, 0.15) is 0 Å². The van der Waals surface area contributed by atoms with E-state index in [1.807, 2.05) is 6.92 Å². The molecule has 1 atom stereocenters. The summed E-state index contributed by atoms with van der Waals surface area (Å²) in [4.78, 5) is 4.07. The Morgan fingerprint density at radius 2 is 1.96 bits per heavy atom. The molecule has 8 heteroatoms. The lowest BCUT2D eigenvalue weighted by molar-refractivity contribution is -0.142. The van der Waals surface area contributed by atoms with Crippen molar-refractivity contribution in [3.63, 3.8) is 0 Å². The van der Waals surface area contributed by atoms with E-state index in [0.717, 1.165) is 19.3 Å². The van der Waals surface area contributed by atoms with Gasteiger partial charge in [-0.1, -0.05) is 26.7 Å². The van der Waals surface area contributed by atoms with E-state index in [2.05, 4.69) is 34.6 Å². The molecule has 0 saturated carbocycles. The molecule has 0 amide bonds. The fourth-order valence-electron chi connectivity index (χ4n) is 2.42. The van der Waals surface area contributed by atoms with Crippen molar-refractivity contribution in [3.8, 4) is 0 Å². The van der Waals surface area contributed by atoms with E-state index in [1.165, 1.54) is 17.9 Å². The first-order valence-electron chi connectivity index (χ1n) is 8.20. The fourth-order valence-corrected chi connectivity index (χ4v) is 2.42. The molecule has 0 aliphatic heterocycles. The van der Waals surface area contributed by atoms with E-state index >= 15 is 0 Å². The van der Waals surface area contributed by atoms with Crippen LogP contribution in [0.3, 0.4) is 0 Å². The molecule has 1 rings (SSSR count). The average molecular weight is 347 g/mol. The van der Waals surface area contributed by atoms with Gasteiger partial charge in [0.05, 0.1) is 0 Å². The summed E-state index contributed by atoms with van der Waals surface area (Å²) < 4.78 is 40.0. The van der Waals surface area contributed by atoms with Crippen molar-refractivity contribution in [2.24, 2.45) is 18.0 Å². The molecule has 0 saturated heterocycles. The van der Waals surface area contributed by atoms with Gasteiger partial charge in [-0.25, -0.2) is 0 Å². The van der Waals surface area contributed by atoms with Crippen molar-refractivity contribution in [3.05, 3.63) is 17.5 Å². The maximum Gasteiger partial charge on any atom is 0.435 e. The molecule has 0 fully saturated rings. The molecule has 0 bridgehead atoms. The maximum atomic E-state index is 12.9. The highest BCUT2D eigenvalue weighted by molar-refractivity contribution is 5.79. The third-order valence-electron chi connectivity index (χ3n) is 3.64. The van der Waals surface area contributed by atoms with Crippen molar-refractivity contribution in [2.45, 2.75) is 58.8 Å². The molecule has 24 heavy (non-hydrogen) atoms. The van der Waals surface area contributed by atoms with Gasteiger partial charge < -0.3 is 10.6 Å². The van der Waals surface area contributed by atoms with Crippen LogP contribution in [0, 0.1) is 5.92 Å². The maximum absolute atomic E-state index is 12.9. The Balaban J connectivity index is 2.56. The Kier molecular flexibility index (Phi) is 7.57. The molecule has 0 spiro atoms. The van der Waals surface area contributed by atoms with Gasteiger partial charge in [-0.05, 0) is 19.3 Å². The highest BCUT2D eigenvalue weighted by Crippen LogP contribution is 2.30. The van der Waals surface area contributed by atoms with Gasteiger partial charge in [-0.2, -0.15) is 18.3 Å². The van der Waals surface area contributed by atoms with Crippen LogP contribution in [0.5, 0.6) is 0 Å². The van der Waals surface area contributed by atoms with Gasteiger partial charge in [-0.15, -0.1) is 0 Å². The molecule has 0 aromatic carbocycles. The molecule has 138 valence electrons. The minimum Gasteiger partial charge on any atom is -0.354 e. The fraction of sp³-hybridized carbons (Fsp3) is 0.750. The summed E-state index contributed by atoms with van der Waals surface area (Å²) in [6.07, 6.45) is 0.153. The predicted molar refractivity (Wildman–Crippen MR) is 89.7 cm³/mol. The topological polar surface area (TPSA) is 54.2 Å². The third-order valence-corrected chi connectivity index (χ3v) is 3.64. The van der Waals surface area contributed by atoms with Crippen molar-refractivity contribution >= 4 is 5.96 Å². The summed E-state index contributed by atoms with van der Waals surface area (Å²) in [6.45, 7) is 6.43. The van der Waals surface area contributed by atoms with E-state index in [-0.39, 0.29) is 18.2 Å². The van der Waals surface area contributed by atoms with E-state index in [0.29, 0.717) is 11.9 Å². The van der Waals surface area contributed by atoms with E-state index in [1.54, 1.807) is 7.05 Å². The van der Waals surface area contributed by atoms with Crippen molar-refractivity contribution in [2.75, 3.05) is 7.05 Å². The summed E-state index contributed by atoms with van der Waals surface area (Å²) >= 11 is 0. The van der Waals surface area contributed by atoms with Crippen LogP contribution >= 0.6 is 0 Å². The van der Waals surface area contributed by atoms with E-state index < -0.39 is 11.9 Å². The molecule has 0 aliphatic rings. The zero-order valence-corrected chi connectivity index (χ0v) is 15.0. The zero-order chi connectivity index (χ0) is 18.3. The number of guanidine groups is 1. The smallest absolute Gasteiger partial charge is 0.354 e. The zero-order valence-electron chi connectivity index (χ0n) is 15.0. The Morgan fingerprint density at radius 3 is 2.50 bits per heavy atom. The first-order valence-corrected chi connectivity index (χ1v) is 8.20. The predicted octanol–water partition coefficient (Wildman–Crippen LogP) is 3.32. The molecular formula is C16H28F3N5. The van der Waals surface area contributed by atoms with Crippen molar-refractivity contribution < 1.29 is 13.2 Å². The number of aryl methyl sites for hydroxylation is 1. The van der Waals surface area contributed by atoms with Crippen LogP contribution in [0.1, 0.15) is 51.3 Å². The molecule has 1 unspecified atom stereocenters. The Morgan fingerprint density at radius 1 is 1.29 bits per heavy atom. The van der Waals surface area contributed by atoms with Crippen LogP contribution in [-0.4, -0.2) is 28.8 Å². The molecule has 0 aliphatic carbocycles. The Hall–Kier alpha value is -1.73. The number of hydrogen-bond acceptors (Lipinski definition) is 2. The summed E-state index contributed by atoms with van der Waals surface area (Å²) in [5, 5.41) is 9.63. The number of rotatable bonds is 7. The van der Waals surface area contributed by atoms with Gasteiger partial charge in [0.2, 0.25) is 0 Å². The number of aliphatic imine (C=N–C) groups is 1. The standard InChI is InChI=1S/C16H28F3N5/c1-11(2)7-6-8-12(3)22-15(20-4)21-9-13-10-24(5)23-14(13)16(17,18)19/h10-12H,6-9H2,1-5H3,(H2,20,21,22). The van der Waals surface area contributed by atoms with E-state index in [9.17, 15) is 13.2 Å². The van der Waals surface area contributed by atoms with Crippen LogP contribution in [-0.2, 0) is 19.8 Å². The van der Waals surface area contributed by atoms with E-state index in [4.69, 9.17) is 0 Å². The van der Waals surface area contributed by atoms with Gasteiger partial charge in [-0.3, -0.25) is 9.67 Å². The Bertz CT molecular complexity index is 534.